The third-order valence-electron chi connectivity index (χ3n) is 3.90. The summed E-state index contributed by atoms with van der Waals surface area (Å²) in [5.74, 6) is -0.915. The van der Waals surface area contributed by atoms with Crippen molar-refractivity contribution in [2.75, 3.05) is 26.7 Å². The van der Waals surface area contributed by atoms with Crippen LogP contribution in [0, 0.1) is 13.8 Å². The van der Waals surface area contributed by atoms with E-state index in [9.17, 15) is 9.59 Å². The highest BCUT2D eigenvalue weighted by atomic mass is 16.2. The normalized spacial score (nSPS) is 17.6. The Morgan fingerprint density at radius 1 is 1.15 bits per heavy atom. The highest BCUT2D eigenvalue weighted by Crippen LogP contribution is 2.17. The zero-order valence-electron chi connectivity index (χ0n) is 12.2. The van der Waals surface area contributed by atoms with E-state index in [2.05, 4.69) is 0 Å². The fourth-order valence-electron chi connectivity index (χ4n) is 2.28. The summed E-state index contributed by atoms with van der Waals surface area (Å²) >= 11 is 0. The highest BCUT2D eigenvalue weighted by Gasteiger charge is 2.31. The molecule has 1 aromatic carbocycles. The average molecular weight is 275 g/mol. The second kappa shape index (κ2) is 5.63. The lowest BCUT2D eigenvalue weighted by Crippen LogP contribution is -2.54. The first-order chi connectivity index (χ1) is 9.40. The molecular weight excluding hydrogens is 254 g/mol. The maximum absolute atomic E-state index is 11.9. The first-order valence-electron chi connectivity index (χ1n) is 6.77. The van der Waals surface area contributed by atoms with E-state index < -0.39 is 11.8 Å². The zero-order valence-corrected chi connectivity index (χ0v) is 12.2. The summed E-state index contributed by atoms with van der Waals surface area (Å²) in [6, 6.07) is 5.79. The van der Waals surface area contributed by atoms with Crippen molar-refractivity contribution >= 4 is 11.8 Å². The number of nitrogens with zero attached hydrogens (tertiary/aromatic N) is 2. The topological polar surface area (TPSA) is 66.6 Å². The van der Waals surface area contributed by atoms with Crippen molar-refractivity contribution in [3.63, 3.8) is 0 Å². The van der Waals surface area contributed by atoms with Crippen molar-refractivity contribution in [1.29, 1.82) is 0 Å². The van der Waals surface area contributed by atoms with Crippen molar-refractivity contribution in [2.45, 2.75) is 19.9 Å². The van der Waals surface area contributed by atoms with Crippen LogP contribution in [0.2, 0.25) is 0 Å². The summed E-state index contributed by atoms with van der Waals surface area (Å²) < 4.78 is 0. The van der Waals surface area contributed by atoms with Gasteiger partial charge in [0.15, 0.2) is 0 Å². The summed E-state index contributed by atoms with van der Waals surface area (Å²) in [7, 11) is 1.64. The minimum atomic E-state index is -0.460. The number of hydrogen-bond acceptors (Lipinski definition) is 3. The number of hydrogen-bond donors (Lipinski definition) is 1. The first-order valence-corrected chi connectivity index (χ1v) is 6.77. The molecule has 1 aliphatic heterocycles. The standard InChI is InChI=1S/C15H21N3O2/c1-10-4-5-12(8-11(10)2)13(16)9-18-7-6-17(3)14(19)15(18)20/h4-5,8,13H,6-7,9,16H2,1-3H3. The first kappa shape index (κ1) is 14.5. The number of amides is 2. The van der Waals surface area contributed by atoms with Crippen LogP contribution in [-0.4, -0.2) is 48.3 Å². The van der Waals surface area contributed by atoms with Gasteiger partial charge in [-0.3, -0.25) is 9.59 Å². The molecule has 2 amide bonds. The summed E-state index contributed by atoms with van der Waals surface area (Å²) in [5.41, 5.74) is 9.56. The van der Waals surface area contributed by atoms with Crippen LogP contribution in [0.5, 0.6) is 0 Å². The molecular formula is C15H21N3O2. The number of aryl methyl sites for hydroxylation is 2. The number of benzene rings is 1. The Morgan fingerprint density at radius 2 is 1.85 bits per heavy atom. The fourth-order valence-corrected chi connectivity index (χ4v) is 2.28. The quantitative estimate of drug-likeness (QED) is 0.822. The minimum Gasteiger partial charge on any atom is -0.336 e. The van der Waals surface area contributed by atoms with Gasteiger partial charge >= 0.3 is 11.8 Å². The molecule has 1 saturated heterocycles. The van der Waals surface area contributed by atoms with Gasteiger partial charge in [0, 0.05) is 32.7 Å². The molecule has 5 heteroatoms. The minimum absolute atomic E-state index is 0.269. The molecule has 0 bridgehead atoms. The summed E-state index contributed by atoms with van der Waals surface area (Å²) in [4.78, 5) is 26.5. The van der Waals surface area contributed by atoms with E-state index in [-0.39, 0.29) is 6.04 Å². The predicted molar refractivity (Wildman–Crippen MR) is 77.1 cm³/mol. The lowest BCUT2D eigenvalue weighted by atomic mass is 10.0. The number of carbonyl (C=O) groups is 2. The second-order valence-electron chi connectivity index (χ2n) is 5.43. The van der Waals surface area contributed by atoms with Crippen LogP contribution in [0.3, 0.4) is 0 Å². The summed E-state index contributed by atoms with van der Waals surface area (Å²) in [6.45, 7) is 5.56. The Bertz CT molecular complexity index is 542. The molecule has 5 nitrogen and oxygen atoms in total. The Hall–Kier alpha value is -1.88. The molecule has 1 unspecified atom stereocenters. The predicted octanol–water partition coefficient (Wildman–Crippen LogP) is 0.604. The van der Waals surface area contributed by atoms with Gasteiger partial charge in [-0.2, -0.15) is 0 Å². The molecule has 1 heterocycles. The Morgan fingerprint density at radius 3 is 2.50 bits per heavy atom. The lowest BCUT2D eigenvalue weighted by Gasteiger charge is -2.33. The van der Waals surface area contributed by atoms with Crippen LogP contribution >= 0.6 is 0 Å². The number of piperazine rings is 1. The molecule has 1 aliphatic rings. The maximum Gasteiger partial charge on any atom is 0.312 e. The molecule has 2 rings (SSSR count). The van der Waals surface area contributed by atoms with Crippen molar-refractivity contribution in [3.05, 3.63) is 34.9 Å². The molecule has 0 radical (unpaired) electrons. The molecule has 0 saturated carbocycles. The van der Waals surface area contributed by atoms with E-state index in [0.29, 0.717) is 19.6 Å². The molecule has 1 fully saturated rings. The summed E-state index contributed by atoms with van der Waals surface area (Å²) in [5, 5.41) is 0. The zero-order chi connectivity index (χ0) is 14.9. The molecule has 0 spiro atoms. The molecule has 108 valence electrons. The van der Waals surface area contributed by atoms with Crippen LogP contribution < -0.4 is 5.73 Å². The van der Waals surface area contributed by atoms with Gasteiger partial charge in [0.25, 0.3) is 0 Å². The Balaban J connectivity index is 2.07. The average Bonchev–Trinajstić information content (AvgIpc) is 2.42. The van der Waals surface area contributed by atoms with Crippen LogP contribution in [-0.2, 0) is 9.59 Å². The SMILES string of the molecule is Cc1ccc(C(N)CN2CCN(C)C(=O)C2=O)cc1C. The Labute approximate surface area is 119 Å². The number of nitrogens with two attached hydrogens (primary N) is 1. The lowest BCUT2D eigenvalue weighted by molar-refractivity contribution is -0.155. The molecule has 0 aromatic heterocycles. The van der Waals surface area contributed by atoms with Crippen LogP contribution in [0.15, 0.2) is 18.2 Å². The van der Waals surface area contributed by atoms with E-state index in [1.165, 1.54) is 16.0 Å². The number of likely N-dealkylation sites (N-methyl/N-ethyl adjacent to an activating group) is 1. The van der Waals surface area contributed by atoms with Gasteiger partial charge in [-0.15, -0.1) is 0 Å². The van der Waals surface area contributed by atoms with Crippen molar-refractivity contribution in [3.8, 4) is 0 Å². The van der Waals surface area contributed by atoms with Crippen molar-refractivity contribution < 1.29 is 9.59 Å². The van der Waals surface area contributed by atoms with Gasteiger partial charge in [-0.05, 0) is 30.5 Å². The third kappa shape index (κ3) is 2.82. The van der Waals surface area contributed by atoms with Crippen LogP contribution in [0.1, 0.15) is 22.7 Å². The van der Waals surface area contributed by atoms with E-state index in [0.717, 1.165) is 5.56 Å². The smallest absolute Gasteiger partial charge is 0.312 e. The second-order valence-corrected chi connectivity index (χ2v) is 5.43. The van der Waals surface area contributed by atoms with E-state index in [1.807, 2.05) is 32.0 Å². The van der Waals surface area contributed by atoms with Gasteiger partial charge in [-0.25, -0.2) is 0 Å². The number of carbonyl (C=O) groups excluding carboxylic acids is 2. The van der Waals surface area contributed by atoms with E-state index in [1.54, 1.807) is 11.9 Å². The summed E-state index contributed by atoms with van der Waals surface area (Å²) in [6.07, 6.45) is 0. The van der Waals surface area contributed by atoms with Crippen LogP contribution in [0.4, 0.5) is 0 Å². The highest BCUT2D eigenvalue weighted by molar-refractivity contribution is 6.35. The van der Waals surface area contributed by atoms with Gasteiger partial charge in [0.2, 0.25) is 0 Å². The monoisotopic (exact) mass is 275 g/mol. The molecule has 0 aliphatic carbocycles. The van der Waals surface area contributed by atoms with Gasteiger partial charge in [-0.1, -0.05) is 18.2 Å². The van der Waals surface area contributed by atoms with E-state index >= 15 is 0 Å². The number of rotatable bonds is 3. The molecule has 1 atom stereocenters. The van der Waals surface area contributed by atoms with Crippen LogP contribution in [0.25, 0.3) is 0 Å². The van der Waals surface area contributed by atoms with Gasteiger partial charge in [0.1, 0.15) is 0 Å². The third-order valence-corrected chi connectivity index (χ3v) is 3.90. The Kier molecular flexibility index (Phi) is 4.09. The van der Waals surface area contributed by atoms with E-state index in [4.69, 9.17) is 5.73 Å². The van der Waals surface area contributed by atoms with Crippen molar-refractivity contribution in [2.24, 2.45) is 5.73 Å². The fraction of sp³-hybridized carbons (Fsp3) is 0.467. The molecule has 20 heavy (non-hydrogen) atoms. The largest absolute Gasteiger partial charge is 0.336 e. The maximum atomic E-state index is 11.9. The molecule has 1 aromatic rings. The molecule has 2 N–H and O–H groups in total. The van der Waals surface area contributed by atoms with Crippen molar-refractivity contribution in [1.82, 2.24) is 9.80 Å². The van der Waals surface area contributed by atoms with Gasteiger partial charge in [0.05, 0.1) is 0 Å². The van der Waals surface area contributed by atoms with Gasteiger partial charge < -0.3 is 15.5 Å².